The second kappa shape index (κ2) is 9.63. The van der Waals surface area contributed by atoms with Crippen molar-refractivity contribution in [2.24, 2.45) is 0 Å². The average Bonchev–Trinajstić information content (AvgIpc) is 3.06. The lowest BCUT2D eigenvalue weighted by Gasteiger charge is -2.15. The first kappa shape index (κ1) is 19.5. The van der Waals surface area contributed by atoms with E-state index in [1.165, 1.54) is 11.8 Å². The van der Waals surface area contributed by atoms with Gasteiger partial charge in [0, 0.05) is 20.1 Å². The number of amides is 1. The molecule has 26 heavy (non-hydrogen) atoms. The molecule has 136 valence electrons. The Kier molecular flexibility index (Phi) is 7.24. The van der Waals surface area contributed by atoms with E-state index in [0.29, 0.717) is 36.2 Å². The van der Waals surface area contributed by atoms with Crippen LogP contribution in [0.4, 0.5) is 0 Å². The Morgan fingerprint density at radius 2 is 2.23 bits per heavy atom. The van der Waals surface area contributed by atoms with Gasteiger partial charge in [-0.3, -0.25) is 9.36 Å². The summed E-state index contributed by atoms with van der Waals surface area (Å²) in [6, 6.07) is 9.61. The number of ether oxygens (including phenoxy) is 1. The fraction of sp³-hybridized carbons (Fsp3) is 0.333. The Hall–Kier alpha value is -2.79. The van der Waals surface area contributed by atoms with Crippen molar-refractivity contribution >= 4 is 17.7 Å². The van der Waals surface area contributed by atoms with Crippen molar-refractivity contribution < 1.29 is 9.53 Å². The summed E-state index contributed by atoms with van der Waals surface area (Å²) >= 11 is 1.31. The lowest BCUT2D eigenvalue weighted by atomic mass is 10.2. The zero-order valence-corrected chi connectivity index (χ0v) is 15.7. The molecule has 0 bridgehead atoms. The molecule has 1 aromatic carbocycles. The van der Waals surface area contributed by atoms with Crippen LogP contribution in [0.1, 0.15) is 6.42 Å². The lowest BCUT2D eigenvalue weighted by Crippen LogP contribution is -2.29. The third-order valence-electron chi connectivity index (χ3n) is 3.69. The molecule has 1 aromatic heterocycles. The molecule has 0 saturated heterocycles. The molecular weight excluding hydrogens is 350 g/mol. The first-order chi connectivity index (χ1) is 12.6. The van der Waals surface area contributed by atoms with Gasteiger partial charge in [-0.25, -0.2) is 0 Å². The molecule has 7 nitrogen and oxygen atoms in total. The maximum Gasteiger partial charge on any atom is 0.232 e. The summed E-state index contributed by atoms with van der Waals surface area (Å²) in [6.07, 6.45) is 2.07. The maximum absolute atomic E-state index is 12.2. The van der Waals surface area contributed by atoms with Gasteiger partial charge < -0.3 is 9.64 Å². The van der Waals surface area contributed by atoms with Crippen molar-refractivity contribution in [3.05, 3.63) is 36.9 Å². The minimum Gasteiger partial charge on any atom is -0.496 e. The fourth-order valence-corrected chi connectivity index (χ4v) is 3.19. The highest BCUT2D eigenvalue weighted by atomic mass is 32.2. The van der Waals surface area contributed by atoms with Gasteiger partial charge in [0.2, 0.25) is 5.91 Å². The number of methoxy groups -OCH3 is 1. The highest BCUT2D eigenvalue weighted by Gasteiger charge is 2.18. The average molecular weight is 371 g/mol. The van der Waals surface area contributed by atoms with Crippen molar-refractivity contribution in [1.29, 1.82) is 5.26 Å². The highest BCUT2D eigenvalue weighted by Crippen LogP contribution is 2.30. The molecule has 0 aliphatic heterocycles. The largest absolute Gasteiger partial charge is 0.496 e. The van der Waals surface area contributed by atoms with Crippen LogP contribution in [-0.4, -0.2) is 52.0 Å². The standard InChI is InChI=1S/C18H21N5O2S/c1-4-11-23-17(14-8-5-6-9-15(14)25-3)20-21-18(23)26-13-16(24)22(2)12-7-10-19/h4-6,8-9H,1,7,11-13H2,2-3H3. The summed E-state index contributed by atoms with van der Waals surface area (Å²) in [5.74, 6) is 1.53. The van der Waals surface area contributed by atoms with E-state index < -0.39 is 0 Å². The molecule has 8 heteroatoms. The van der Waals surface area contributed by atoms with Crippen molar-refractivity contribution in [2.45, 2.75) is 18.1 Å². The molecule has 2 rings (SSSR count). The summed E-state index contributed by atoms with van der Waals surface area (Å²) in [4.78, 5) is 13.7. The second-order valence-corrected chi connectivity index (χ2v) is 6.36. The van der Waals surface area contributed by atoms with Crippen LogP contribution in [0.15, 0.2) is 42.1 Å². The number of rotatable bonds is 9. The van der Waals surface area contributed by atoms with Gasteiger partial charge in [-0.05, 0) is 12.1 Å². The monoisotopic (exact) mass is 371 g/mol. The molecular formula is C18H21N5O2S. The van der Waals surface area contributed by atoms with Crippen LogP contribution >= 0.6 is 11.8 Å². The first-order valence-corrected chi connectivity index (χ1v) is 9.02. The van der Waals surface area contributed by atoms with Crippen molar-refractivity contribution in [3.8, 4) is 23.2 Å². The Bertz CT molecular complexity index is 812. The van der Waals surface area contributed by atoms with Crippen LogP contribution in [0, 0.1) is 11.3 Å². The van der Waals surface area contributed by atoms with Crippen molar-refractivity contribution in [1.82, 2.24) is 19.7 Å². The Morgan fingerprint density at radius 3 is 2.92 bits per heavy atom. The summed E-state index contributed by atoms with van der Waals surface area (Å²) in [5, 5.41) is 17.8. The molecule has 1 heterocycles. The third-order valence-corrected chi connectivity index (χ3v) is 4.64. The van der Waals surface area contributed by atoms with E-state index in [0.717, 1.165) is 5.56 Å². The highest BCUT2D eigenvalue weighted by molar-refractivity contribution is 7.99. The quantitative estimate of drug-likeness (QED) is 0.498. The smallest absolute Gasteiger partial charge is 0.232 e. The van der Waals surface area contributed by atoms with Gasteiger partial charge in [-0.1, -0.05) is 30.0 Å². The van der Waals surface area contributed by atoms with E-state index in [1.54, 1.807) is 25.1 Å². The van der Waals surface area contributed by atoms with Crippen LogP contribution in [0.3, 0.4) is 0 Å². The number of nitriles is 1. The van der Waals surface area contributed by atoms with Gasteiger partial charge in [-0.2, -0.15) is 5.26 Å². The van der Waals surface area contributed by atoms with Gasteiger partial charge in [0.1, 0.15) is 5.75 Å². The SMILES string of the molecule is C=CCn1c(SCC(=O)N(C)CCC#N)nnc1-c1ccccc1OC. The van der Waals surface area contributed by atoms with Crippen LogP contribution in [0.5, 0.6) is 5.75 Å². The zero-order valence-electron chi connectivity index (χ0n) is 14.9. The van der Waals surface area contributed by atoms with Crippen molar-refractivity contribution in [3.63, 3.8) is 0 Å². The summed E-state index contributed by atoms with van der Waals surface area (Å²) < 4.78 is 7.31. The normalized spacial score (nSPS) is 10.2. The minimum absolute atomic E-state index is 0.0581. The molecule has 0 aliphatic rings. The summed E-state index contributed by atoms with van der Waals surface area (Å²) in [6.45, 7) is 4.72. The fourth-order valence-electron chi connectivity index (χ4n) is 2.30. The number of thioether (sulfide) groups is 1. The number of carbonyl (C=O) groups excluding carboxylic acids is 1. The van der Waals surface area contributed by atoms with E-state index in [1.807, 2.05) is 34.9 Å². The zero-order chi connectivity index (χ0) is 18.9. The lowest BCUT2D eigenvalue weighted by molar-refractivity contribution is -0.127. The van der Waals surface area contributed by atoms with Gasteiger partial charge in [0.15, 0.2) is 11.0 Å². The van der Waals surface area contributed by atoms with E-state index in [2.05, 4.69) is 16.8 Å². The maximum atomic E-state index is 12.2. The summed E-state index contributed by atoms with van der Waals surface area (Å²) in [7, 11) is 3.30. The topological polar surface area (TPSA) is 84.0 Å². The molecule has 1 amide bonds. The molecule has 0 aliphatic carbocycles. The van der Waals surface area contributed by atoms with Crippen LogP contribution in [-0.2, 0) is 11.3 Å². The van der Waals surface area contributed by atoms with Crippen LogP contribution in [0.2, 0.25) is 0 Å². The van der Waals surface area contributed by atoms with Gasteiger partial charge >= 0.3 is 0 Å². The van der Waals surface area contributed by atoms with E-state index in [-0.39, 0.29) is 11.7 Å². The van der Waals surface area contributed by atoms with Gasteiger partial charge in [-0.15, -0.1) is 16.8 Å². The van der Waals surface area contributed by atoms with E-state index >= 15 is 0 Å². The van der Waals surface area contributed by atoms with Crippen LogP contribution < -0.4 is 4.74 Å². The molecule has 0 atom stereocenters. The Morgan fingerprint density at radius 1 is 1.46 bits per heavy atom. The Labute approximate surface area is 157 Å². The second-order valence-electron chi connectivity index (χ2n) is 5.42. The number of hydrogen-bond acceptors (Lipinski definition) is 6. The number of benzene rings is 1. The summed E-state index contributed by atoms with van der Waals surface area (Å²) in [5.41, 5.74) is 0.827. The molecule has 0 fully saturated rings. The predicted molar refractivity (Wildman–Crippen MR) is 101 cm³/mol. The van der Waals surface area contributed by atoms with Gasteiger partial charge in [0.05, 0.1) is 30.9 Å². The number of carbonyl (C=O) groups is 1. The van der Waals surface area contributed by atoms with Crippen LogP contribution in [0.25, 0.3) is 11.4 Å². The molecule has 2 aromatic rings. The van der Waals surface area contributed by atoms with Gasteiger partial charge in [0.25, 0.3) is 0 Å². The molecule has 0 saturated carbocycles. The van der Waals surface area contributed by atoms with E-state index in [9.17, 15) is 4.79 Å². The first-order valence-electron chi connectivity index (χ1n) is 8.03. The predicted octanol–water partition coefficient (Wildman–Crippen LogP) is 2.60. The molecule has 0 N–H and O–H groups in total. The number of nitrogens with zero attached hydrogens (tertiary/aromatic N) is 5. The number of aromatic nitrogens is 3. The number of allylic oxidation sites excluding steroid dienone is 1. The molecule has 0 radical (unpaired) electrons. The minimum atomic E-state index is -0.0581. The Balaban J connectivity index is 2.20. The van der Waals surface area contributed by atoms with Crippen molar-refractivity contribution in [2.75, 3.05) is 26.5 Å². The molecule has 0 spiro atoms. The van der Waals surface area contributed by atoms with E-state index in [4.69, 9.17) is 10.00 Å². The number of hydrogen-bond donors (Lipinski definition) is 0. The third kappa shape index (κ3) is 4.64. The number of para-hydroxylation sites is 1. The molecule has 0 unspecified atom stereocenters.